The molecule has 0 aromatic rings. The molecule has 2 aliphatic rings. The van der Waals surface area contributed by atoms with Crippen LogP contribution in [0.5, 0.6) is 0 Å². The van der Waals surface area contributed by atoms with Crippen LogP contribution in [0, 0.1) is 5.92 Å². The molecule has 0 aromatic carbocycles. The van der Waals surface area contributed by atoms with Gasteiger partial charge < -0.3 is 15.8 Å². The lowest BCUT2D eigenvalue weighted by Gasteiger charge is -2.36. The van der Waals surface area contributed by atoms with E-state index in [1.165, 1.54) is 12.8 Å². The van der Waals surface area contributed by atoms with Crippen LogP contribution < -0.4 is 11.1 Å². The van der Waals surface area contributed by atoms with E-state index >= 15 is 0 Å². The van der Waals surface area contributed by atoms with E-state index in [2.05, 4.69) is 12.2 Å². The summed E-state index contributed by atoms with van der Waals surface area (Å²) in [4.78, 5) is 0. The van der Waals surface area contributed by atoms with Crippen molar-refractivity contribution in [1.82, 2.24) is 5.32 Å². The number of ether oxygens (including phenoxy) is 1. The fourth-order valence-electron chi connectivity index (χ4n) is 2.18. The van der Waals surface area contributed by atoms with E-state index in [0.717, 1.165) is 38.1 Å². The minimum absolute atomic E-state index is 0.0845. The molecule has 0 spiro atoms. The van der Waals surface area contributed by atoms with Gasteiger partial charge in [0.25, 0.3) is 0 Å². The van der Waals surface area contributed by atoms with Crippen molar-refractivity contribution in [3.05, 3.63) is 0 Å². The van der Waals surface area contributed by atoms with Crippen LogP contribution >= 0.6 is 0 Å². The van der Waals surface area contributed by atoms with Crippen molar-refractivity contribution in [2.75, 3.05) is 19.8 Å². The van der Waals surface area contributed by atoms with Crippen molar-refractivity contribution >= 4 is 0 Å². The molecule has 3 N–H and O–H groups in total. The molecule has 0 aromatic heterocycles. The van der Waals surface area contributed by atoms with Crippen LogP contribution in [0.15, 0.2) is 0 Å². The number of hydrogen-bond donors (Lipinski definition) is 2. The zero-order valence-electron chi connectivity index (χ0n) is 8.38. The van der Waals surface area contributed by atoms with Gasteiger partial charge in [-0.15, -0.1) is 0 Å². The van der Waals surface area contributed by atoms with Crippen molar-refractivity contribution in [2.45, 2.75) is 37.8 Å². The molecule has 0 bridgehead atoms. The summed E-state index contributed by atoms with van der Waals surface area (Å²) in [7, 11) is 0. The third-order valence-corrected chi connectivity index (χ3v) is 3.25. The zero-order chi connectivity index (χ0) is 9.31. The maximum Gasteiger partial charge on any atom is 0.0659 e. The lowest BCUT2D eigenvalue weighted by Crippen LogP contribution is -2.53. The third-order valence-electron chi connectivity index (χ3n) is 3.25. The van der Waals surface area contributed by atoms with Gasteiger partial charge in [0.15, 0.2) is 0 Å². The summed E-state index contributed by atoms with van der Waals surface area (Å²) in [5.41, 5.74) is 6.05. The van der Waals surface area contributed by atoms with Crippen molar-refractivity contribution in [3.63, 3.8) is 0 Å². The second-order valence-electron chi connectivity index (χ2n) is 4.82. The van der Waals surface area contributed by atoms with Crippen LogP contribution in [0.4, 0.5) is 0 Å². The Hall–Kier alpha value is -0.120. The van der Waals surface area contributed by atoms with Gasteiger partial charge in [-0.2, -0.15) is 0 Å². The predicted octanol–water partition coefficient (Wildman–Crippen LogP) is 0.492. The molecule has 1 saturated carbocycles. The van der Waals surface area contributed by atoms with Crippen LogP contribution in [0.1, 0.15) is 26.2 Å². The van der Waals surface area contributed by atoms with Gasteiger partial charge in [0.2, 0.25) is 0 Å². The second-order valence-corrected chi connectivity index (χ2v) is 4.82. The molecule has 2 rings (SSSR count). The fourth-order valence-corrected chi connectivity index (χ4v) is 2.18. The summed E-state index contributed by atoms with van der Waals surface area (Å²) in [6, 6.07) is 0.719. The highest BCUT2D eigenvalue weighted by atomic mass is 16.5. The van der Waals surface area contributed by atoms with Crippen LogP contribution in [0.3, 0.4) is 0 Å². The smallest absolute Gasteiger partial charge is 0.0659 e. The number of nitrogens with two attached hydrogens (primary N) is 1. The monoisotopic (exact) mass is 184 g/mol. The van der Waals surface area contributed by atoms with E-state index in [1.807, 2.05) is 0 Å². The summed E-state index contributed by atoms with van der Waals surface area (Å²) in [5.74, 6) is 0.908. The maximum atomic E-state index is 6.13. The summed E-state index contributed by atoms with van der Waals surface area (Å²) in [6.07, 6.45) is 3.64. The van der Waals surface area contributed by atoms with Crippen LogP contribution in [0.2, 0.25) is 0 Å². The van der Waals surface area contributed by atoms with Crippen molar-refractivity contribution < 1.29 is 4.74 Å². The average molecular weight is 184 g/mol. The summed E-state index contributed by atoms with van der Waals surface area (Å²) >= 11 is 0. The quantitative estimate of drug-likeness (QED) is 0.671. The summed E-state index contributed by atoms with van der Waals surface area (Å²) in [6.45, 7) is 4.78. The molecule has 1 unspecified atom stereocenters. The Bertz CT molecular complexity index is 172. The third kappa shape index (κ3) is 2.22. The fraction of sp³-hybridized carbons (Fsp3) is 1.00. The Balaban J connectivity index is 1.67. The normalized spacial score (nSPS) is 44.8. The molecule has 13 heavy (non-hydrogen) atoms. The Morgan fingerprint density at radius 1 is 1.54 bits per heavy atom. The second kappa shape index (κ2) is 3.56. The molecule has 3 nitrogen and oxygen atoms in total. The molecular formula is C10H20N2O. The van der Waals surface area contributed by atoms with Crippen molar-refractivity contribution in [3.8, 4) is 0 Å². The Morgan fingerprint density at radius 3 is 2.85 bits per heavy atom. The molecule has 1 atom stereocenters. The van der Waals surface area contributed by atoms with Gasteiger partial charge in [0.05, 0.1) is 12.1 Å². The molecule has 2 fully saturated rings. The Kier molecular flexibility index (Phi) is 2.58. The zero-order valence-corrected chi connectivity index (χ0v) is 8.38. The first-order valence-corrected chi connectivity index (χ1v) is 5.28. The molecular weight excluding hydrogens is 164 g/mol. The molecule has 1 heterocycles. The lowest BCUT2D eigenvalue weighted by atomic mass is 9.81. The minimum atomic E-state index is -0.0845. The molecule has 0 amide bonds. The van der Waals surface area contributed by atoms with E-state index in [1.54, 1.807) is 0 Å². The topological polar surface area (TPSA) is 47.3 Å². The summed E-state index contributed by atoms with van der Waals surface area (Å²) in [5, 5.41) is 3.53. The molecule has 76 valence electrons. The van der Waals surface area contributed by atoms with Crippen LogP contribution in [-0.4, -0.2) is 31.3 Å². The van der Waals surface area contributed by atoms with E-state index in [4.69, 9.17) is 10.5 Å². The molecule has 0 radical (unpaired) electrons. The van der Waals surface area contributed by atoms with Crippen molar-refractivity contribution in [2.24, 2.45) is 11.7 Å². The van der Waals surface area contributed by atoms with E-state index in [0.29, 0.717) is 0 Å². The first kappa shape index (κ1) is 9.44. The van der Waals surface area contributed by atoms with Gasteiger partial charge >= 0.3 is 0 Å². The Morgan fingerprint density at radius 2 is 2.31 bits per heavy atom. The highest BCUT2D eigenvalue weighted by Gasteiger charge is 2.32. The highest BCUT2D eigenvalue weighted by molar-refractivity contribution is 4.93. The van der Waals surface area contributed by atoms with E-state index in [9.17, 15) is 0 Å². The predicted molar refractivity (Wildman–Crippen MR) is 52.5 cm³/mol. The first-order valence-electron chi connectivity index (χ1n) is 5.28. The molecule has 1 aliphatic carbocycles. The number of nitrogens with one attached hydrogen (secondary N) is 1. The summed E-state index contributed by atoms with van der Waals surface area (Å²) < 4.78 is 5.30. The van der Waals surface area contributed by atoms with Gasteiger partial charge in [-0.3, -0.25) is 0 Å². The van der Waals surface area contributed by atoms with Gasteiger partial charge in [0, 0.05) is 19.2 Å². The van der Waals surface area contributed by atoms with E-state index < -0.39 is 0 Å². The van der Waals surface area contributed by atoms with Crippen LogP contribution in [-0.2, 0) is 4.74 Å². The number of hydrogen-bond acceptors (Lipinski definition) is 3. The van der Waals surface area contributed by atoms with Gasteiger partial charge in [0.1, 0.15) is 0 Å². The maximum absolute atomic E-state index is 6.13. The van der Waals surface area contributed by atoms with Crippen LogP contribution in [0.25, 0.3) is 0 Å². The largest absolute Gasteiger partial charge is 0.379 e. The minimum Gasteiger partial charge on any atom is -0.379 e. The number of rotatable bonds is 3. The molecule has 1 aliphatic heterocycles. The average Bonchev–Trinajstić information content (AvgIpc) is 2.45. The standard InChI is InChI=1S/C10H20N2O/c1-8-4-9(5-8)12-6-10(11)2-3-13-7-10/h8-9,12H,2-7,11H2,1H3. The van der Waals surface area contributed by atoms with Gasteiger partial charge in [-0.05, 0) is 25.2 Å². The first-order chi connectivity index (χ1) is 6.18. The highest BCUT2D eigenvalue weighted by Crippen LogP contribution is 2.26. The van der Waals surface area contributed by atoms with Gasteiger partial charge in [-0.1, -0.05) is 6.92 Å². The molecule has 3 heteroatoms. The Labute approximate surface area is 80.0 Å². The van der Waals surface area contributed by atoms with E-state index in [-0.39, 0.29) is 5.54 Å². The lowest BCUT2D eigenvalue weighted by molar-refractivity contribution is 0.169. The van der Waals surface area contributed by atoms with Crippen molar-refractivity contribution in [1.29, 1.82) is 0 Å². The molecule has 1 saturated heterocycles. The van der Waals surface area contributed by atoms with Gasteiger partial charge in [-0.25, -0.2) is 0 Å². The SMILES string of the molecule is CC1CC(NCC2(N)CCOC2)C1.